The maximum atomic E-state index is 4.83. The highest BCUT2D eigenvalue weighted by molar-refractivity contribution is 14.0. The maximum absolute atomic E-state index is 4.83. The van der Waals surface area contributed by atoms with Crippen LogP contribution in [0.4, 0.5) is 0 Å². The van der Waals surface area contributed by atoms with Crippen molar-refractivity contribution in [1.29, 1.82) is 0 Å². The second-order valence-electron chi connectivity index (χ2n) is 7.96. The average molecular weight is 526 g/mol. The Hall–Kier alpha value is -1.29. The zero-order valence-corrected chi connectivity index (χ0v) is 20.4. The van der Waals surface area contributed by atoms with Crippen LogP contribution in [0.5, 0.6) is 0 Å². The van der Waals surface area contributed by atoms with Crippen molar-refractivity contribution in [2.45, 2.75) is 67.7 Å². The Morgan fingerprint density at radius 1 is 1.21 bits per heavy atom. The molecule has 158 valence electrons. The molecule has 0 bridgehead atoms. The Morgan fingerprint density at radius 3 is 2.55 bits per heavy atom. The summed E-state index contributed by atoms with van der Waals surface area (Å²) in [6.45, 7) is 3.44. The van der Waals surface area contributed by atoms with Crippen molar-refractivity contribution in [3.63, 3.8) is 0 Å². The molecule has 6 nitrogen and oxygen atoms in total. The van der Waals surface area contributed by atoms with Gasteiger partial charge in [-0.2, -0.15) is 0 Å². The predicted molar refractivity (Wildman–Crippen MR) is 130 cm³/mol. The molecule has 0 atom stereocenters. The van der Waals surface area contributed by atoms with Crippen LogP contribution in [-0.2, 0) is 13.6 Å². The lowest BCUT2D eigenvalue weighted by Crippen LogP contribution is -2.45. The molecule has 2 aliphatic rings. The number of aryl methyl sites for hydroxylation is 1. The standard InChI is InChI=1S/C21H30N6S.HI/c1-16-25-26-19(27(16)2)14-22-20(24-17-8-6-7-9-17)23-15-21(12-13-21)28-18-10-4-3-5-11-18;/h3-5,10-11,17H,6-9,12-15H2,1-2H3,(H2,22,23,24);1H. The molecule has 2 aromatic rings. The van der Waals surface area contributed by atoms with Gasteiger partial charge in [0.15, 0.2) is 11.8 Å². The van der Waals surface area contributed by atoms with Gasteiger partial charge in [-0.3, -0.25) is 0 Å². The Bertz CT molecular complexity index is 812. The number of guanidine groups is 1. The number of hydrogen-bond acceptors (Lipinski definition) is 4. The van der Waals surface area contributed by atoms with E-state index in [-0.39, 0.29) is 24.0 Å². The van der Waals surface area contributed by atoms with Gasteiger partial charge in [0.2, 0.25) is 0 Å². The molecule has 1 aromatic heterocycles. The van der Waals surface area contributed by atoms with Crippen molar-refractivity contribution in [1.82, 2.24) is 25.4 Å². The summed E-state index contributed by atoms with van der Waals surface area (Å²) >= 11 is 1.99. The first-order chi connectivity index (χ1) is 13.6. The van der Waals surface area contributed by atoms with Crippen LogP contribution >= 0.6 is 35.7 Å². The van der Waals surface area contributed by atoms with Crippen LogP contribution in [0.15, 0.2) is 40.2 Å². The number of hydrogen-bond donors (Lipinski definition) is 2. The summed E-state index contributed by atoms with van der Waals surface area (Å²) in [4.78, 5) is 6.18. The van der Waals surface area contributed by atoms with Gasteiger partial charge in [0.25, 0.3) is 0 Å². The SMILES string of the molecule is Cc1nnc(CN=C(NCC2(Sc3ccccc3)CC2)NC2CCCC2)n1C.I. The van der Waals surface area contributed by atoms with E-state index in [1.54, 1.807) is 0 Å². The Morgan fingerprint density at radius 2 is 1.93 bits per heavy atom. The van der Waals surface area contributed by atoms with E-state index in [0.29, 0.717) is 17.3 Å². The largest absolute Gasteiger partial charge is 0.355 e. The van der Waals surface area contributed by atoms with E-state index in [4.69, 9.17) is 4.99 Å². The monoisotopic (exact) mass is 526 g/mol. The van der Waals surface area contributed by atoms with Gasteiger partial charge in [0.05, 0.1) is 0 Å². The summed E-state index contributed by atoms with van der Waals surface area (Å²) in [5, 5.41) is 15.7. The zero-order chi connectivity index (χ0) is 19.4. The summed E-state index contributed by atoms with van der Waals surface area (Å²) in [5.74, 6) is 2.72. The van der Waals surface area contributed by atoms with Crippen molar-refractivity contribution in [2.75, 3.05) is 6.54 Å². The molecule has 2 N–H and O–H groups in total. The van der Waals surface area contributed by atoms with E-state index in [1.807, 2.05) is 30.3 Å². The molecule has 29 heavy (non-hydrogen) atoms. The van der Waals surface area contributed by atoms with Crippen molar-refractivity contribution < 1.29 is 0 Å². The first-order valence-electron chi connectivity index (χ1n) is 10.3. The molecule has 0 aliphatic heterocycles. The highest BCUT2D eigenvalue weighted by atomic mass is 127. The van der Waals surface area contributed by atoms with Crippen LogP contribution in [0.25, 0.3) is 0 Å². The van der Waals surface area contributed by atoms with E-state index in [1.165, 1.54) is 43.4 Å². The summed E-state index contributed by atoms with van der Waals surface area (Å²) in [6, 6.07) is 11.2. The minimum absolute atomic E-state index is 0. The fourth-order valence-corrected chi connectivity index (χ4v) is 4.84. The number of thioether (sulfide) groups is 1. The summed E-state index contributed by atoms with van der Waals surface area (Å²) in [6.07, 6.45) is 7.57. The lowest BCUT2D eigenvalue weighted by Gasteiger charge is -2.21. The van der Waals surface area contributed by atoms with Crippen molar-refractivity contribution in [3.05, 3.63) is 42.0 Å². The van der Waals surface area contributed by atoms with Gasteiger partial charge in [0, 0.05) is 29.3 Å². The number of nitrogens with zero attached hydrogens (tertiary/aromatic N) is 4. The van der Waals surface area contributed by atoms with E-state index in [0.717, 1.165) is 24.2 Å². The Kier molecular flexibility index (Phi) is 7.84. The second-order valence-corrected chi connectivity index (χ2v) is 9.51. The van der Waals surface area contributed by atoms with Crippen LogP contribution in [0, 0.1) is 6.92 Å². The van der Waals surface area contributed by atoms with E-state index in [2.05, 4.69) is 51.2 Å². The molecule has 0 radical (unpaired) electrons. The molecule has 2 fully saturated rings. The summed E-state index contributed by atoms with van der Waals surface area (Å²) < 4.78 is 2.30. The second kappa shape index (κ2) is 10.1. The van der Waals surface area contributed by atoms with Gasteiger partial charge in [0.1, 0.15) is 12.4 Å². The lowest BCUT2D eigenvalue weighted by atomic mass is 10.2. The fourth-order valence-electron chi connectivity index (χ4n) is 3.59. The fraction of sp³-hybridized carbons (Fsp3) is 0.571. The third kappa shape index (κ3) is 6.10. The van der Waals surface area contributed by atoms with Crippen LogP contribution in [0.3, 0.4) is 0 Å². The molecule has 0 saturated heterocycles. The molecule has 1 aromatic carbocycles. The quantitative estimate of drug-likeness (QED) is 0.324. The number of aromatic nitrogens is 3. The third-order valence-corrected chi connectivity index (χ3v) is 7.21. The maximum Gasteiger partial charge on any atom is 0.191 e. The van der Waals surface area contributed by atoms with E-state index >= 15 is 0 Å². The van der Waals surface area contributed by atoms with Crippen LogP contribution in [0.2, 0.25) is 0 Å². The molecule has 8 heteroatoms. The molecule has 0 amide bonds. The molecule has 2 aliphatic carbocycles. The van der Waals surface area contributed by atoms with Crippen LogP contribution in [0.1, 0.15) is 50.2 Å². The summed E-state index contributed by atoms with van der Waals surface area (Å²) in [5.41, 5.74) is 0. The van der Waals surface area contributed by atoms with Gasteiger partial charge in [-0.25, -0.2) is 4.99 Å². The van der Waals surface area contributed by atoms with Crippen LogP contribution in [-0.4, -0.2) is 38.1 Å². The smallest absolute Gasteiger partial charge is 0.191 e. The van der Waals surface area contributed by atoms with Gasteiger partial charge in [-0.1, -0.05) is 31.0 Å². The molecule has 1 heterocycles. The molecule has 0 spiro atoms. The highest BCUT2D eigenvalue weighted by Crippen LogP contribution is 2.51. The number of nitrogens with one attached hydrogen (secondary N) is 2. The number of halogens is 1. The highest BCUT2D eigenvalue weighted by Gasteiger charge is 2.43. The number of benzene rings is 1. The number of aliphatic imine (C=N–C) groups is 1. The van der Waals surface area contributed by atoms with Gasteiger partial charge in [-0.15, -0.1) is 45.9 Å². The number of rotatable bonds is 7. The Labute approximate surface area is 194 Å². The van der Waals surface area contributed by atoms with Gasteiger partial charge >= 0.3 is 0 Å². The topological polar surface area (TPSA) is 67.1 Å². The van der Waals surface area contributed by atoms with Crippen molar-refractivity contribution >= 4 is 41.7 Å². The van der Waals surface area contributed by atoms with Crippen LogP contribution < -0.4 is 10.6 Å². The van der Waals surface area contributed by atoms with E-state index in [9.17, 15) is 0 Å². The van der Waals surface area contributed by atoms with Crippen molar-refractivity contribution in [2.24, 2.45) is 12.0 Å². The van der Waals surface area contributed by atoms with Crippen molar-refractivity contribution in [3.8, 4) is 0 Å². The molecule has 4 rings (SSSR count). The van der Waals surface area contributed by atoms with Gasteiger partial charge in [-0.05, 0) is 44.7 Å². The normalized spacial score (nSPS) is 18.3. The molecular weight excluding hydrogens is 495 g/mol. The first-order valence-corrected chi connectivity index (χ1v) is 11.1. The average Bonchev–Trinajstić information content (AvgIpc) is 3.12. The molecule has 2 saturated carbocycles. The molecule has 0 unspecified atom stereocenters. The summed E-state index contributed by atoms with van der Waals surface area (Å²) in [7, 11) is 1.99. The molecular formula is C21H31IN6S. The zero-order valence-electron chi connectivity index (χ0n) is 17.2. The lowest BCUT2D eigenvalue weighted by molar-refractivity contribution is 0.608. The first kappa shape index (κ1) is 22.4. The Balaban J connectivity index is 0.00000240. The third-order valence-electron chi connectivity index (χ3n) is 5.72. The minimum Gasteiger partial charge on any atom is -0.355 e. The predicted octanol–water partition coefficient (Wildman–Crippen LogP) is 4.04. The van der Waals surface area contributed by atoms with Gasteiger partial charge < -0.3 is 15.2 Å². The van der Waals surface area contributed by atoms with E-state index < -0.39 is 0 Å². The minimum atomic E-state index is 0.